The molecule has 3 aromatic rings. The maximum absolute atomic E-state index is 12.1. The average molecular weight is 423 g/mol. The van der Waals surface area contributed by atoms with Crippen LogP contribution >= 0.6 is 0 Å². The van der Waals surface area contributed by atoms with Crippen molar-refractivity contribution in [3.63, 3.8) is 0 Å². The first-order valence-electron chi connectivity index (χ1n) is 11.0. The first kappa shape index (κ1) is 21.6. The summed E-state index contributed by atoms with van der Waals surface area (Å²) in [5.74, 6) is 0.160. The summed E-state index contributed by atoms with van der Waals surface area (Å²) in [6, 6.07) is 15.9. The molecule has 6 heteroatoms. The largest absolute Gasteiger partial charge is 0.508 e. The van der Waals surface area contributed by atoms with Gasteiger partial charge in [0, 0.05) is 43.2 Å². The van der Waals surface area contributed by atoms with Crippen LogP contribution in [0.25, 0.3) is 11.0 Å². The third-order valence-corrected chi connectivity index (χ3v) is 6.08. The Morgan fingerprint density at radius 2 is 1.84 bits per heavy atom. The van der Waals surface area contributed by atoms with Gasteiger partial charge >= 0.3 is 5.63 Å². The summed E-state index contributed by atoms with van der Waals surface area (Å²) in [5, 5.41) is 14.7. The van der Waals surface area contributed by atoms with Gasteiger partial charge in [-0.2, -0.15) is 0 Å². The van der Waals surface area contributed by atoms with E-state index in [9.17, 15) is 9.90 Å². The van der Waals surface area contributed by atoms with Crippen LogP contribution in [0.3, 0.4) is 0 Å². The van der Waals surface area contributed by atoms with Gasteiger partial charge in [0.05, 0.1) is 19.3 Å². The predicted octanol–water partition coefficient (Wildman–Crippen LogP) is 3.61. The summed E-state index contributed by atoms with van der Waals surface area (Å²) < 4.78 is 10.9. The smallest absolute Gasteiger partial charge is 0.336 e. The summed E-state index contributed by atoms with van der Waals surface area (Å²) in [7, 11) is 0. The first-order valence-corrected chi connectivity index (χ1v) is 11.0. The zero-order valence-corrected chi connectivity index (χ0v) is 18.1. The Hall–Kier alpha value is -2.67. The Labute approximate surface area is 182 Å². The number of nitrogens with zero attached hydrogens (tertiary/aromatic N) is 1. The summed E-state index contributed by atoms with van der Waals surface area (Å²) >= 11 is 0. The number of ether oxygens (including phenoxy) is 1. The van der Waals surface area contributed by atoms with Crippen LogP contribution in [0.2, 0.25) is 0 Å². The van der Waals surface area contributed by atoms with Crippen molar-refractivity contribution in [2.75, 3.05) is 26.3 Å². The Kier molecular flexibility index (Phi) is 6.70. The molecule has 4 rings (SSSR count). The molecule has 1 aromatic heterocycles. The van der Waals surface area contributed by atoms with Crippen LogP contribution in [0.1, 0.15) is 36.6 Å². The number of phenolic OH excluding ortho intramolecular Hbond substituents is 1. The number of morpholine rings is 1. The van der Waals surface area contributed by atoms with E-state index < -0.39 is 5.63 Å². The van der Waals surface area contributed by atoms with Crippen LogP contribution in [0, 0.1) is 0 Å². The molecule has 2 N–H and O–H groups in total. The molecule has 0 aliphatic carbocycles. The molecule has 0 bridgehead atoms. The fourth-order valence-corrected chi connectivity index (χ4v) is 4.44. The molecule has 0 unspecified atom stereocenters. The van der Waals surface area contributed by atoms with Crippen molar-refractivity contribution in [2.45, 2.75) is 38.9 Å². The molecule has 2 heterocycles. The Bertz CT molecular complexity index is 1070. The Morgan fingerprint density at radius 3 is 2.55 bits per heavy atom. The number of hydrogen-bond acceptors (Lipinski definition) is 6. The Balaban J connectivity index is 1.61. The van der Waals surface area contributed by atoms with E-state index in [4.69, 9.17) is 9.15 Å². The normalized spacial score (nSPS) is 17.0. The number of hydrogen-bond donors (Lipinski definition) is 2. The van der Waals surface area contributed by atoms with E-state index in [0.717, 1.165) is 42.8 Å². The highest BCUT2D eigenvalue weighted by atomic mass is 16.5. The SMILES string of the molecule is CCc1cc2c(CN[C@@H](C)[C@H](c3ccccc3)N3CCOCC3)cc(=O)oc2cc1O. The average Bonchev–Trinajstić information content (AvgIpc) is 2.78. The van der Waals surface area contributed by atoms with Crippen molar-refractivity contribution in [3.05, 3.63) is 75.6 Å². The van der Waals surface area contributed by atoms with Crippen molar-refractivity contribution in [1.29, 1.82) is 0 Å². The van der Waals surface area contributed by atoms with Crippen LogP contribution in [-0.2, 0) is 17.7 Å². The minimum absolute atomic E-state index is 0.144. The standard InChI is InChI=1S/C25H30N2O4/c1-3-18-13-21-20(14-24(29)31-23(21)15-22(18)28)16-26-17(2)25(19-7-5-4-6-8-19)27-9-11-30-12-10-27/h4-8,13-15,17,25-26,28H,3,9-12,16H2,1-2H3/t17-,25+/m0/s1. The minimum Gasteiger partial charge on any atom is -0.508 e. The zero-order chi connectivity index (χ0) is 21.8. The second kappa shape index (κ2) is 9.64. The summed E-state index contributed by atoms with van der Waals surface area (Å²) in [5.41, 5.74) is 2.99. The lowest BCUT2D eigenvalue weighted by Crippen LogP contribution is -2.46. The fourth-order valence-electron chi connectivity index (χ4n) is 4.44. The molecule has 0 amide bonds. The molecule has 164 valence electrons. The number of fused-ring (bicyclic) bond motifs is 1. The molecule has 2 atom stereocenters. The van der Waals surface area contributed by atoms with Gasteiger partial charge in [-0.15, -0.1) is 0 Å². The second-order valence-electron chi connectivity index (χ2n) is 8.09. The summed E-state index contributed by atoms with van der Waals surface area (Å²) in [6.07, 6.45) is 0.706. The van der Waals surface area contributed by atoms with Gasteiger partial charge in [-0.1, -0.05) is 37.3 Å². The molecular formula is C25H30N2O4. The van der Waals surface area contributed by atoms with Crippen LogP contribution in [0.4, 0.5) is 0 Å². The minimum atomic E-state index is -0.409. The van der Waals surface area contributed by atoms with Gasteiger partial charge in [0.25, 0.3) is 0 Å². The molecular weight excluding hydrogens is 392 g/mol. The fraction of sp³-hybridized carbons (Fsp3) is 0.400. The molecule has 1 aliphatic rings. The second-order valence-corrected chi connectivity index (χ2v) is 8.09. The first-order chi connectivity index (χ1) is 15.1. The topological polar surface area (TPSA) is 74.9 Å². The quantitative estimate of drug-likeness (QED) is 0.567. The van der Waals surface area contributed by atoms with E-state index in [1.54, 1.807) is 12.1 Å². The number of phenols is 1. The molecule has 0 saturated carbocycles. The summed E-state index contributed by atoms with van der Waals surface area (Å²) in [6.45, 7) is 7.97. The molecule has 6 nitrogen and oxygen atoms in total. The molecule has 1 aliphatic heterocycles. The zero-order valence-electron chi connectivity index (χ0n) is 18.1. The molecule has 1 saturated heterocycles. The van der Waals surface area contributed by atoms with Crippen molar-refractivity contribution in [3.8, 4) is 5.75 Å². The van der Waals surface area contributed by atoms with Gasteiger partial charge < -0.3 is 19.6 Å². The molecule has 0 radical (unpaired) electrons. The highest BCUT2D eigenvalue weighted by molar-refractivity contribution is 5.82. The molecule has 31 heavy (non-hydrogen) atoms. The van der Waals surface area contributed by atoms with Crippen LogP contribution in [0.15, 0.2) is 57.7 Å². The third kappa shape index (κ3) is 4.82. The molecule has 2 aromatic carbocycles. The number of aryl methyl sites for hydroxylation is 1. The van der Waals surface area contributed by atoms with Gasteiger partial charge in [0.15, 0.2) is 0 Å². The third-order valence-electron chi connectivity index (χ3n) is 6.08. The summed E-state index contributed by atoms with van der Waals surface area (Å²) in [4.78, 5) is 14.6. The highest BCUT2D eigenvalue weighted by Crippen LogP contribution is 2.28. The number of benzene rings is 2. The van der Waals surface area contributed by atoms with E-state index in [1.165, 1.54) is 5.56 Å². The van der Waals surface area contributed by atoms with Gasteiger partial charge in [0.1, 0.15) is 11.3 Å². The molecule has 1 fully saturated rings. The van der Waals surface area contributed by atoms with E-state index >= 15 is 0 Å². The van der Waals surface area contributed by atoms with Gasteiger partial charge in [-0.3, -0.25) is 4.90 Å². The predicted molar refractivity (Wildman–Crippen MR) is 121 cm³/mol. The van der Waals surface area contributed by atoms with Gasteiger partial charge in [-0.25, -0.2) is 4.79 Å². The van der Waals surface area contributed by atoms with Crippen molar-refractivity contribution < 1.29 is 14.3 Å². The van der Waals surface area contributed by atoms with Crippen LogP contribution in [0.5, 0.6) is 5.75 Å². The maximum Gasteiger partial charge on any atom is 0.336 e. The van der Waals surface area contributed by atoms with Gasteiger partial charge in [0.2, 0.25) is 0 Å². The van der Waals surface area contributed by atoms with E-state index in [2.05, 4.69) is 41.4 Å². The molecule has 0 spiro atoms. The van der Waals surface area contributed by atoms with Crippen LogP contribution < -0.4 is 10.9 Å². The van der Waals surface area contributed by atoms with Crippen molar-refractivity contribution >= 4 is 11.0 Å². The lowest BCUT2D eigenvalue weighted by Gasteiger charge is -2.38. The highest BCUT2D eigenvalue weighted by Gasteiger charge is 2.27. The number of rotatable bonds is 7. The van der Waals surface area contributed by atoms with Gasteiger partial charge in [-0.05, 0) is 36.1 Å². The number of aromatic hydroxyl groups is 1. The monoisotopic (exact) mass is 422 g/mol. The lowest BCUT2D eigenvalue weighted by atomic mass is 9.97. The maximum atomic E-state index is 12.1. The van der Waals surface area contributed by atoms with E-state index in [0.29, 0.717) is 18.5 Å². The van der Waals surface area contributed by atoms with Crippen LogP contribution in [-0.4, -0.2) is 42.4 Å². The number of nitrogens with one attached hydrogen (secondary N) is 1. The van der Waals surface area contributed by atoms with E-state index in [1.807, 2.05) is 19.1 Å². The van der Waals surface area contributed by atoms with Crippen molar-refractivity contribution in [2.24, 2.45) is 0 Å². The van der Waals surface area contributed by atoms with Crippen molar-refractivity contribution in [1.82, 2.24) is 10.2 Å². The lowest BCUT2D eigenvalue weighted by molar-refractivity contribution is 0.00855. The Morgan fingerprint density at radius 1 is 1.10 bits per heavy atom. The van der Waals surface area contributed by atoms with E-state index in [-0.39, 0.29) is 17.8 Å².